The average molecular weight is 332 g/mol. The fraction of sp³-hybridized carbons (Fsp3) is 0. The molecule has 2 aromatic carbocycles. The summed E-state index contributed by atoms with van der Waals surface area (Å²) in [5.41, 5.74) is 8.18. The van der Waals surface area contributed by atoms with Crippen molar-refractivity contribution in [1.82, 2.24) is 9.78 Å². The molecule has 0 aliphatic carbocycles. The average Bonchev–Trinajstić information content (AvgIpc) is 2.81. The first kappa shape index (κ1) is 12.9. The molecule has 0 saturated heterocycles. The number of nitrogen functional groups attached to an aromatic ring is 1. The first-order valence-corrected chi connectivity index (χ1v) is 6.80. The summed E-state index contributed by atoms with van der Waals surface area (Å²) in [7, 11) is 0. The Bertz CT molecular complexity index is 767. The number of nitrogens with zero attached hydrogens (tertiary/aromatic N) is 2. The maximum absolute atomic E-state index is 13.3. The van der Waals surface area contributed by atoms with Crippen LogP contribution in [0.1, 0.15) is 0 Å². The highest BCUT2D eigenvalue weighted by Gasteiger charge is 2.09. The summed E-state index contributed by atoms with van der Waals surface area (Å²) in [4.78, 5) is 0. The van der Waals surface area contributed by atoms with Gasteiger partial charge in [0.15, 0.2) is 0 Å². The number of halogens is 2. The smallest absolute Gasteiger partial charge is 0.127 e. The van der Waals surface area contributed by atoms with Crippen LogP contribution in [-0.2, 0) is 0 Å². The van der Waals surface area contributed by atoms with Crippen LogP contribution in [0.4, 0.5) is 10.2 Å². The van der Waals surface area contributed by atoms with Gasteiger partial charge in [0.25, 0.3) is 0 Å². The van der Waals surface area contributed by atoms with Crippen LogP contribution in [0.2, 0.25) is 0 Å². The number of hydrogen-bond acceptors (Lipinski definition) is 2. The predicted octanol–water partition coefficient (Wildman–Crippen LogP) is 4.02. The Morgan fingerprint density at radius 3 is 2.60 bits per heavy atom. The van der Waals surface area contributed by atoms with E-state index < -0.39 is 0 Å². The minimum absolute atomic E-state index is 0.293. The lowest BCUT2D eigenvalue weighted by Gasteiger charge is -2.04. The molecule has 0 aliphatic heterocycles. The van der Waals surface area contributed by atoms with Gasteiger partial charge in [-0.1, -0.05) is 34.1 Å². The summed E-state index contributed by atoms with van der Waals surface area (Å²) in [5, 5.41) is 4.44. The molecule has 2 N–H and O–H groups in total. The van der Waals surface area contributed by atoms with Crippen molar-refractivity contribution in [3.8, 4) is 16.9 Å². The van der Waals surface area contributed by atoms with E-state index in [4.69, 9.17) is 5.73 Å². The molecule has 0 unspecified atom stereocenters. The Hall–Kier alpha value is -2.14. The Morgan fingerprint density at radius 2 is 1.85 bits per heavy atom. The first-order chi connectivity index (χ1) is 9.63. The van der Waals surface area contributed by atoms with Crippen molar-refractivity contribution in [2.24, 2.45) is 0 Å². The third-order valence-corrected chi connectivity index (χ3v) is 3.40. The van der Waals surface area contributed by atoms with Crippen LogP contribution in [0.5, 0.6) is 0 Å². The Kier molecular flexibility index (Phi) is 3.28. The summed E-state index contributed by atoms with van der Waals surface area (Å²) < 4.78 is 15.8. The second-order valence-electron chi connectivity index (χ2n) is 4.36. The normalized spacial score (nSPS) is 10.7. The highest BCUT2D eigenvalue weighted by atomic mass is 79.9. The summed E-state index contributed by atoms with van der Waals surface area (Å²) in [6.07, 6.45) is 0. The van der Waals surface area contributed by atoms with E-state index in [2.05, 4.69) is 21.0 Å². The zero-order chi connectivity index (χ0) is 14.1. The molecule has 0 fully saturated rings. The Morgan fingerprint density at radius 1 is 1.05 bits per heavy atom. The molecule has 0 bridgehead atoms. The standard InChI is InChI=1S/C15H11BrFN3/c16-11-4-2-6-13(8-11)20-15(18)9-14(19-20)10-3-1-5-12(17)7-10/h1-9H,18H2. The Labute approximate surface area is 124 Å². The quantitative estimate of drug-likeness (QED) is 0.770. The molecule has 0 spiro atoms. The minimum Gasteiger partial charge on any atom is -0.384 e. The van der Waals surface area contributed by atoms with E-state index in [1.165, 1.54) is 12.1 Å². The molecule has 0 atom stereocenters. The minimum atomic E-state index is -0.293. The molecule has 0 radical (unpaired) electrons. The molecule has 0 saturated carbocycles. The van der Waals surface area contributed by atoms with Gasteiger partial charge in [-0.05, 0) is 30.3 Å². The van der Waals surface area contributed by atoms with Gasteiger partial charge in [0.1, 0.15) is 11.6 Å². The largest absolute Gasteiger partial charge is 0.384 e. The lowest BCUT2D eigenvalue weighted by atomic mass is 10.1. The molecule has 1 aromatic heterocycles. The molecular formula is C15H11BrFN3. The molecule has 3 rings (SSSR count). The second kappa shape index (κ2) is 5.09. The first-order valence-electron chi connectivity index (χ1n) is 6.01. The van der Waals surface area contributed by atoms with Crippen molar-refractivity contribution in [3.63, 3.8) is 0 Å². The van der Waals surface area contributed by atoms with Gasteiger partial charge in [-0.15, -0.1) is 0 Å². The fourth-order valence-corrected chi connectivity index (χ4v) is 2.39. The van der Waals surface area contributed by atoms with Crippen LogP contribution in [0, 0.1) is 5.82 Å². The zero-order valence-electron chi connectivity index (χ0n) is 10.4. The van der Waals surface area contributed by atoms with Gasteiger partial charge in [0.2, 0.25) is 0 Å². The third kappa shape index (κ3) is 2.44. The van der Waals surface area contributed by atoms with E-state index in [1.807, 2.05) is 24.3 Å². The van der Waals surface area contributed by atoms with Gasteiger partial charge in [-0.2, -0.15) is 5.10 Å². The SMILES string of the molecule is Nc1cc(-c2cccc(F)c2)nn1-c1cccc(Br)c1. The van der Waals surface area contributed by atoms with E-state index in [0.717, 1.165) is 10.2 Å². The van der Waals surface area contributed by atoms with Gasteiger partial charge in [-0.25, -0.2) is 9.07 Å². The maximum atomic E-state index is 13.3. The van der Waals surface area contributed by atoms with E-state index in [9.17, 15) is 4.39 Å². The second-order valence-corrected chi connectivity index (χ2v) is 5.27. The number of nitrogens with two attached hydrogens (primary N) is 1. The van der Waals surface area contributed by atoms with E-state index in [0.29, 0.717) is 17.1 Å². The molecule has 20 heavy (non-hydrogen) atoms. The number of aromatic nitrogens is 2. The van der Waals surface area contributed by atoms with Crippen LogP contribution in [-0.4, -0.2) is 9.78 Å². The number of hydrogen-bond donors (Lipinski definition) is 1. The van der Waals surface area contributed by atoms with Crippen molar-refractivity contribution >= 4 is 21.7 Å². The van der Waals surface area contributed by atoms with Gasteiger partial charge in [0, 0.05) is 16.1 Å². The van der Waals surface area contributed by atoms with E-state index in [1.54, 1.807) is 22.9 Å². The van der Waals surface area contributed by atoms with Gasteiger partial charge < -0.3 is 5.73 Å². The van der Waals surface area contributed by atoms with Crippen LogP contribution in [0.25, 0.3) is 16.9 Å². The summed E-state index contributed by atoms with van der Waals surface area (Å²) in [6, 6.07) is 15.7. The monoisotopic (exact) mass is 331 g/mol. The molecule has 3 aromatic rings. The number of rotatable bonds is 2. The molecular weight excluding hydrogens is 321 g/mol. The summed E-state index contributed by atoms with van der Waals surface area (Å²) in [6.45, 7) is 0. The highest BCUT2D eigenvalue weighted by molar-refractivity contribution is 9.10. The molecule has 0 aliphatic rings. The maximum Gasteiger partial charge on any atom is 0.127 e. The van der Waals surface area contributed by atoms with Crippen LogP contribution >= 0.6 is 15.9 Å². The van der Waals surface area contributed by atoms with Gasteiger partial charge in [-0.3, -0.25) is 0 Å². The Balaban J connectivity index is 2.08. The predicted molar refractivity (Wildman–Crippen MR) is 81.1 cm³/mol. The number of benzene rings is 2. The van der Waals surface area contributed by atoms with Gasteiger partial charge >= 0.3 is 0 Å². The topological polar surface area (TPSA) is 43.8 Å². The highest BCUT2D eigenvalue weighted by Crippen LogP contribution is 2.24. The van der Waals surface area contributed by atoms with Crippen molar-refractivity contribution in [1.29, 1.82) is 0 Å². The van der Waals surface area contributed by atoms with Crippen LogP contribution in [0.3, 0.4) is 0 Å². The molecule has 5 heteroatoms. The molecule has 3 nitrogen and oxygen atoms in total. The third-order valence-electron chi connectivity index (χ3n) is 2.91. The number of anilines is 1. The van der Waals surface area contributed by atoms with E-state index >= 15 is 0 Å². The zero-order valence-corrected chi connectivity index (χ0v) is 12.0. The van der Waals surface area contributed by atoms with Crippen LogP contribution < -0.4 is 5.73 Å². The van der Waals surface area contributed by atoms with Crippen molar-refractivity contribution < 1.29 is 4.39 Å². The van der Waals surface area contributed by atoms with Gasteiger partial charge in [0.05, 0.1) is 11.4 Å². The summed E-state index contributed by atoms with van der Waals surface area (Å²) >= 11 is 3.41. The molecule has 0 amide bonds. The van der Waals surface area contributed by atoms with E-state index in [-0.39, 0.29) is 5.82 Å². The fourth-order valence-electron chi connectivity index (χ4n) is 2.00. The molecule has 100 valence electrons. The lowest BCUT2D eigenvalue weighted by molar-refractivity contribution is 0.628. The van der Waals surface area contributed by atoms with Crippen molar-refractivity contribution in [3.05, 3.63) is 64.9 Å². The summed E-state index contributed by atoms with van der Waals surface area (Å²) in [5.74, 6) is 0.209. The van der Waals surface area contributed by atoms with Crippen molar-refractivity contribution in [2.75, 3.05) is 5.73 Å². The van der Waals surface area contributed by atoms with Crippen LogP contribution in [0.15, 0.2) is 59.1 Å². The van der Waals surface area contributed by atoms with Crippen molar-refractivity contribution in [2.45, 2.75) is 0 Å². The lowest BCUT2D eigenvalue weighted by Crippen LogP contribution is -2.01. The molecule has 1 heterocycles.